The molecule has 6 nitrogen and oxygen atoms in total. The predicted octanol–water partition coefficient (Wildman–Crippen LogP) is 2.83. The molecule has 0 aromatic heterocycles. The second kappa shape index (κ2) is 7.53. The van der Waals surface area contributed by atoms with Gasteiger partial charge in [0.15, 0.2) is 5.78 Å². The van der Waals surface area contributed by atoms with Crippen molar-refractivity contribution in [3.05, 3.63) is 0 Å². The highest BCUT2D eigenvalue weighted by Crippen LogP contribution is 2.64. The van der Waals surface area contributed by atoms with E-state index in [2.05, 4.69) is 18.7 Å². The van der Waals surface area contributed by atoms with Crippen molar-refractivity contribution in [2.75, 3.05) is 13.2 Å². The molecule has 1 unspecified atom stereocenters. The molecule has 0 aromatic rings. The van der Waals surface area contributed by atoms with Crippen LogP contribution in [0.5, 0.6) is 0 Å². The summed E-state index contributed by atoms with van der Waals surface area (Å²) in [4.78, 5) is 28.5. The first kappa shape index (κ1) is 21.8. The molecule has 2 heterocycles. The molecule has 174 valence electrons. The van der Waals surface area contributed by atoms with Gasteiger partial charge in [-0.15, -0.1) is 0 Å². The Labute approximate surface area is 185 Å². The Kier molecular flexibility index (Phi) is 5.30. The predicted molar refractivity (Wildman–Crippen MR) is 115 cm³/mol. The van der Waals surface area contributed by atoms with Gasteiger partial charge in [0.1, 0.15) is 17.8 Å². The highest BCUT2D eigenvalue weighted by atomic mass is 16.5. The summed E-state index contributed by atoms with van der Waals surface area (Å²) in [5.74, 6) is 0.898. The van der Waals surface area contributed by atoms with Crippen LogP contribution in [0.4, 0.5) is 0 Å². The van der Waals surface area contributed by atoms with Crippen LogP contribution in [0.2, 0.25) is 0 Å². The average molecular weight is 434 g/mol. The summed E-state index contributed by atoms with van der Waals surface area (Å²) in [6.07, 6.45) is 7.98. The van der Waals surface area contributed by atoms with E-state index in [4.69, 9.17) is 4.74 Å². The average Bonchev–Trinajstić information content (AvgIpc) is 2.78. The standard InChI is InChI=1S/C25H39NO5/c1-23-11-10-19(27)21(28)25(23,30)13-8-16-17(23)9-12-24(2)18(16)6-5-14-26(24)22(29)20-7-3-4-15-31-20/h16-20,27,30H,3-15H2,1-2H3/t16?,17-,18-,19-,20+,23+,24-,25+/m0/s1. The third-order valence-electron chi connectivity index (χ3n) is 10.3. The van der Waals surface area contributed by atoms with Crippen LogP contribution in [0.3, 0.4) is 0 Å². The van der Waals surface area contributed by atoms with E-state index in [1.807, 2.05) is 0 Å². The van der Waals surface area contributed by atoms with Crippen molar-refractivity contribution < 1.29 is 24.5 Å². The summed E-state index contributed by atoms with van der Waals surface area (Å²) in [5, 5.41) is 21.7. The maximum atomic E-state index is 13.5. The summed E-state index contributed by atoms with van der Waals surface area (Å²) in [6.45, 7) is 5.88. The van der Waals surface area contributed by atoms with E-state index in [-0.39, 0.29) is 29.3 Å². The van der Waals surface area contributed by atoms with Gasteiger partial charge in [0, 0.05) is 24.1 Å². The van der Waals surface area contributed by atoms with Crippen LogP contribution in [-0.2, 0) is 14.3 Å². The zero-order valence-corrected chi connectivity index (χ0v) is 19.1. The van der Waals surface area contributed by atoms with E-state index in [0.717, 1.165) is 57.9 Å². The van der Waals surface area contributed by atoms with Gasteiger partial charge in [-0.3, -0.25) is 9.59 Å². The molecule has 8 atom stereocenters. The fourth-order valence-electron chi connectivity index (χ4n) is 8.45. The number of Topliss-reactive ketones (excluding diaryl/α,β-unsaturated/α-hetero) is 1. The molecule has 3 saturated carbocycles. The van der Waals surface area contributed by atoms with Gasteiger partial charge in [0.05, 0.1) is 0 Å². The third-order valence-corrected chi connectivity index (χ3v) is 10.3. The van der Waals surface area contributed by atoms with E-state index in [1.54, 1.807) is 0 Å². The summed E-state index contributed by atoms with van der Waals surface area (Å²) in [5.41, 5.74) is -2.05. The molecule has 0 bridgehead atoms. The lowest BCUT2D eigenvalue weighted by molar-refractivity contribution is -0.219. The van der Waals surface area contributed by atoms with E-state index in [1.165, 1.54) is 0 Å². The Morgan fingerprint density at radius 3 is 2.55 bits per heavy atom. The Hall–Kier alpha value is -0.980. The van der Waals surface area contributed by atoms with Gasteiger partial charge in [-0.1, -0.05) is 6.92 Å². The number of amides is 1. The molecular weight excluding hydrogens is 394 g/mol. The minimum Gasteiger partial charge on any atom is -0.385 e. The van der Waals surface area contributed by atoms with Gasteiger partial charge in [-0.05, 0) is 95.3 Å². The lowest BCUT2D eigenvalue weighted by Crippen LogP contribution is -2.70. The molecule has 6 heteroatoms. The summed E-state index contributed by atoms with van der Waals surface area (Å²) in [6, 6.07) is 0. The number of aliphatic hydroxyl groups excluding tert-OH is 1. The molecule has 0 radical (unpaired) electrons. The molecule has 31 heavy (non-hydrogen) atoms. The minimum atomic E-state index is -1.40. The monoisotopic (exact) mass is 433 g/mol. The van der Waals surface area contributed by atoms with Crippen molar-refractivity contribution in [2.45, 2.75) is 108 Å². The van der Waals surface area contributed by atoms with E-state index >= 15 is 0 Å². The lowest BCUT2D eigenvalue weighted by Gasteiger charge is -2.65. The van der Waals surface area contributed by atoms with Gasteiger partial charge in [-0.2, -0.15) is 0 Å². The Morgan fingerprint density at radius 2 is 1.81 bits per heavy atom. The van der Waals surface area contributed by atoms with Gasteiger partial charge in [0.25, 0.3) is 5.91 Å². The van der Waals surface area contributed by atoms with E-state index < -0.39 is 17.1 Å². The largest absolute Gasteiger partial charge is 0.385 e. The first-order valence-electron chi connectivity index (χ1n) is 12.6. The third kappa shape index (κ3) is 3.00. The second-order valence-corrected chi connectivity index (χ2v) is 11.5. The fraction of sp³-hybridized carbons (Fsp3) is 0.920. The van der Waals surface area contributed by atoms with Gasteiger partial charge in [-0.25, -0.2) is 0 Å². The second-order valence-electron chi connectivity index (χ2n) is 11.5. The number of piperidine rings is 1. The van der Waals surface area contributed by atoms with Crippen molar-refractivity contribution in [1.29, 1.82) is 0 Å². The van der Waals surface area contributed by atoms with Crippen molar-refractivity contribution in [3.63, 3.8) is 0 Å². The molecule has 2 aliphatic heterocycles. The summed E-state index contributed by atoms with van der Waals surface area (Å²) in [7, 11) is 0. The Morgan fingerprint density at radius 1 is 1.00 bits per heavy atom. The maximum Gasteiger partial charge on any atom is 0.252 e. The summed E-state index contributed by atoms with van der Waals surface area (Å²) >= 11 is 0. The zero-order valence-electron chi connectivity index (χ0n) is 19.1. The number of fused-ring (bicyclic) bond motifs is 5. The van der Waals surface area contributed by atoms with Crippen LogP contribution in [-0.4, -0.2) is 63.3 Å². The van der Waals surface area contributed by atoms with Crippen LogP contribution < -0.4 is 0 Å². The van der Waals surface area contributed by atoms with Gasteiger partial charge < -0.3 is 19.8 Å². The van der Waals surface area contributed by atoms with Crippen molar-refractivity contribution in [1.82, 2.24) is 4.90 Å². The van der Waals surface area contributed by atoms with Gasteiger partial charge >= 0.3 is 0 Å². The molecule has 3 aliphatic carbocycles. The normalized spacial score (nSPS) is 50.3. The molecule has 1 amide bonds. The van der Waals surface area contributed by atoms with E-state index in [9.17, 15) is 19.8 Å². The van der Waals surface area contributed by atoms with Crippen molar-refractivity contribution in [3.8, 4) is 0 Å². The number of hydrogen-bond donors (Lipinski definition) is 2. The number of carbonyl (C=O) groups is 2. The van der Waals surface area contributed by atoms with Crippen molar-refractivity contribution in [2.24, 2.45) is 23.2 Å². The van der Waals surface area contributed by atoms with Crippen LogP contribution in [0.25, 0.3) is 0 Å². The number of carbonyl (C=O) groups excluding carboxylic acids is 2. The van der Waals surface area contributed by atoms with Crippen LogP contribution in [0.15, 0.2) is 0 Å². The molecule has 5 rings (SSSR count). The number of hydrogen-bond acceptors (Lipinski definition) is 5. The number of likely N-dealkylation sites (tertiary alicyclic amines) is 1. The lowest BCUT2D eigenvalue weighted by atomic mass is 9.43. The molecule has 0 aromatic carbocycles. The topological polar surface area (TPSA) is 87.1 Å². The fourth-order valence-corrected chi connectivity index (χ4v) is 8.45. The zero-order chi connectivity index (χ0) is 22.0. The Bertz CT molecular complexity index is 750. The van der Waals surface area contributed by atoms with Crippen molar-refractivity contribution >= 4 is 11.7 Å². The highest BCUT2D eigenvalue weighted by molar-refractivity contribution is 5.92. The first-order chi connectivity index (χ1) is 14.7. The Balaban J connectivity index is 1.42. The number of aliphatic hydroxyl groups is 2. The van der Waals surface area contributed by atoms with Crippen LogP contribution >= 0.6 is 0 Å². The first-order valence-corrected chi connectivity index (χ1v) is 12.6. The molecule has 0 spiro atoms. The van der Waals surface area contributed by atoms with E-state index in [0.29, 0.717) is 37.7 Å². The van der Waals surface area contributed by atoms with Crippen LogP contribution in [0, 0.1) is 23.2 Å². The maximum absolute atomic E-state index is 13.5. The molecular formula is C25H39NO5. The SMILES string of the molecule is C[C@]12CC[C@H]3C(CC[C@@]4(O)C(=O)[C@@H](O)CC[C@]34C)[C@@H]1CCCN2C(=O)[C@H]1CCCCO1. The number of rotatable bonds is 1. The van der Waals surface area contributed by atoms with Gasteiger partial charge in [0.2, 0.25) is 0 Å². The minimum absolute atomic E-state index is 0.165. The van der Waals surface area contributed by atoms with Crippen LogP contribution in [0.1, 0.15) is 84.5 Å². The number of ether oxygens (including phenoxy) is 1. The molecule has 5 aliphatic rings. The molecule has 2 N–H and O–H groups in total. The smallest absolute Gasteiger partial charge is 0.252 e. The molecule has 2 saturated heterocycles. The number of nitrogens with zero attached hydrogens (tertiary/aromatic N) is 1. The quantitative estimate of drug-likeness (QED) is 0.664. The highest BCUT2D eigenvalue weighted by Gasteiger charge is 2.67. The number of ketones is 1. The molecule has 5 fully saturated rings. The summed E-state index contributed by atoms with van der Waals surface area (Å²) < 4.78 is 5.86.